The first-order chi connectivity index (χ1) is 16.7. The summed E-state index contributed by atoms with van der Waals surface area (Å²) in [6.45, 7) is 5.79. The SMILES string of the molecule is CCN(Cc1nc2ccccc2c(=O)[nH]1)C(=O)c1cc(S(=O)(=O)Nc2ccccc2C)ccc1C. The molecule has 4 aromatic rings. The standard InChI is InChI=1S/C26H26N4O4S/c1-4-30(16-24-27-23-12-8-6-10-20(23)25(31)28-24)26(32)21-15-19(14-13-17(21)2)35(33,34)29-22-11-7-5-9-18(22)3/h5-15,29H,4,16H2,1-3H3,(H,27,28,31). The van der Waals surface area contributed by atoms with Gasteiger partial charge < -0.3 is 9.88 Å². The fourth-order valence-electron chi connectivity index (χ4n) is 3.78. The van der Waals surface area contributed by atoms with Crippen LogP contribution in [0.5, 0.6) is 0 Å². The molecule has 1 heterocycles. The molecule has 0 aliphatic carbocycles. The van der Waals surface area contributed by atoms with E-state index in [4.69, 9.17) is 0 Å². The highest BCUT2D eigenvalue weighted by Gasteiger charge is 2.22. The number of fused-ring (bicyclic) bond motifs is 1. The number of aromatic amines is 1. The van der Waals surface area contributed by atoms with Crippen molar-refractivity contribution >= 4 is 32.5 Å². The molecule has 8 nitrogen and oxygen atoms in total. The van der Waals surface area contributed by atoms with Gasteiger partial charge >= 0.3 is 0 Å². The van der Waals surface area contributed by atoms with Crippen LogP contribution in [0.2, 0.25) is 0 Å². The zero-order valence-corrected chi connectivity index (χ0v) is 20.5. The second kappa shape index (κ2) is 9.71. The molecule has 0 aliphatic rings. The predicted molar refractivity (Wildman–Crippen MR) is 136 cm³/mol. The van der Waals surface area contributed by atoms with Crippen molar-refractivity contribution in [2.24, 2.45) is 0 Å². The van der Waals surface area contributed by atoms with Gasteiger partial charge in [-0.15, -0.1) is 0 Å². The molecule has 0 saturated heterocycles. The molecule has 0 saturated carbocycles. The molecule has 1 amide bonds. The molecule has 0 unspecified atom stereocenters. The van der Waals surface area contributed by atoms with Gasteiger partial charge in [0, 0.05) is 12.1 Å². The van der Waals surface area contributed by atoms with Crippen molar-refractivity contribution in [1.82, 2.24) is 14.9 Å². The van der Waals surface area contributed by atoms with E-state index in [0.717, 1.165) is 5.56 Å². The molecule has 180 valence electrons. The van der Waals surface area contributed by atoms with Crippen molar-refractivity contribution in [1.29, 1.82) is 0 Å². The van der Waals surface area contributed by atoms with Gasteiger partial charge in [-0.25, -0.2) is 13.4 Å². The van der Waals surface area contributed by atoms with Gasteiger partial charge in [0.15, 0.2) is 0 Å². The van der Waals surface area contributed by atoms with Gasteiger partial charge in [-0.2, -0.15) is 0 Å². The lowest BCUT2D eigenvalue weighted by Gasteiger charge is -2.22. The molecule has 0 atom stereocenters. The minimum Gasteiger partial charge on any atom is -0.331 e. The highest BCUT2D eigenvalue weighted by atomic mass is 32.2. The third-order valence-corrected chi connectivity index (χ3v) is 7.17. The predicted octanol–water partition coefficient (Wildman–Crippen LogP) is 4.00. The lowest BCUT2D eigenvalue weighted by molar-refractivity contribution is 0.0747. The Morgan fingerprint density at radius 2 is 1.71 bits per heavy atom. The van der Waals surface area contributed by atoms with Crippen LogP contribution in [0.15, 0.2) is 76.4 Å². The van der Waals surface area contributed by atoms with Crippen LogP contribution < -0.4 is 10.3 Å². The summed E-state index contributed by atoms with van der Waals surface area (Å²) in [4.78, 5) is 34.6. The minimum atomic E-state index is -3.91. The fourth-order valence-corrected chi connectivity index (χ4v) is 4.93. The van der Waals surface area contributed by atoms with Gasteiger partial charge in [-0.05, 0) is 62.2 Å². The number of anilines is 1. The van der Waals surface area contributed by atoms with Crippen LogP contribution in [0.3, 0.4) is 0 Å². The smallest absolute Gasteiger partial charge is 0.261 e. The summed E-state index contributed by atoms with van der Waals surface area (Å²) in [6, 6.07) is 18.5. The summed E-state index contributed by atoms with van der Waals surface area (Å²) in [5.74, 6) is 0.000276. The first kappa shape index (κ1) is 24.2. The first-order valence-electron chi connectivity index (χ1n) is 11.2. The molecule has 0 bridgehead atoms. The molecule has 0 aliphatic heterocycles. The maximum atomic E-state index is 13.4. The number of H-pyrrole nitrogens is 1. The van der Waals surface area contributed by atoms with Crippen LogP contribution in [0.1, 0.15) is 34.2 Å². The molecular weight excluding hydrogens is 464 g/mol. The number of carbonyl (C=O) groups is 1. The molecule has 35 heavy (non-hydrogen) atoms. The molecule has 2 N–H and O–H groups in total. The van der Waals surface area contributed by atoms with Crippen molar-refractivity contribution in [2.45, 2.75) is 32.2 Å². The molecule has 0 spiro atoms. The van der Waals surface area contributed by atoms with Gasteiger partial charge in [-0.3, -0.25) is 14.3 Å². The summed E-state index contributed by atoms with van der Waals surface area (Å²) < 4.78 is 28.7. The Bertz CT molecular complexity index is 1580. The number of amides is 1. The van der Waals surface area contributed by atoms with E-state index < -0.39 is 10.0 Å². The first-order valence-corrected chi connectivity index (χ1v) is 12.6. The van der Waals surface area contributed by atoms with Crippen molar-refractivity contribution in [3.8, 4) is 0 Å². The number of hydrogen-bond acceptors (Lipinski definition) is 5. The molecule has 0 fully saturated rings. The van der Waals surface area contributed by atoms with Crippen molar-refractivity contribution in [3.63, 3.8) is 0 Å². The molecule has 4 rings (SSSR count). The van der Waals surface area contributed by atoms with Crippen molar-refractivity contribution < 1.29 is 13.2 Å². The quantitative estimate of drug-likeness (QED) is 0.407. The number of nitrogens with one attached hydrogen (secondary N) is 2. The second-order valence-electron chi connectivity index (χ2n) is 8.25. The molecular formula is C26H26N4O4S. The topological polar surface area (TPSA) is 112 Å². The zero-order valence-electron chi connectivity index (χ0n) is 19.7. The highest BCUT2D eigenvalue weighted by Crippen LogP contribution is 2.22. The third kappa shape index (κ3) is 5.09. The normalized spacial score (nSPS) is 11.4. The number of aryl methyl sites for hydroxylation is 2. The van der Waals surface area contributed by atoms with Gasteiger partial charge in [0.1, 0.15) is 5.82 Å². The average Bonchev–Trinajstić information content (AvgIpc) is 2.83. The minimum absolute atomic E-state index is 0.0111. The van der Waals surface area contributed by atoms with Crippen LogP contribution in [-0.2, 0) is 16.6 Å². The number of nitrogens with zero attached hydrogens (tertiary/aromatic N) is 2. The Hall–Kier alpha value is -3.98. The van der Waals surface area contributed by atoms with Crippen LogP contribution >= 0.6 is 0 Å². The van der Waals surface area contributed by atoms with E-state index in [0.29, 0.717) is 34.5 Å². The lowest BCUT2D eigenvalue weighted by atomic mass is 10.1. The summed E-state index contributed by atoms with van der Waals surface area (Å²) in [6.07, 6.45) is 0. The van der Waals surface area contributed by atoms with E-state index in [2.05, 4.69) is 14.7 Å². The fraction of sp³-hybridized carbons (Fsp3) is 0.192. The van der Waals surface area contributed by atoms with E-state index in [1.807, 2.05) is 26.0 Å². The van der Waals surface area contributed by atoms with Gasteiger partial charge in [0.2, 0.25) is 0 Å². The average molecular weight is 491 g/mol. The van der Waals surface area contributed by atoms with E-state index >= 15 is 0 Å². The Kier molecular flexibility index (Phi) is 6.70. The second-order valence-corrected chi connectivity index (χ2v) is 9.93. The summed E-state index contributed by atoms with van der Waals surface area (Å²) >= 11 is 0. The number of carbonyl (C=O) groups excluding carboxylic acids is 1. The number of sulfonamides is 1. The number of rotatable bonds is 7. The number of hydrogen-bond donors (Lipinski definition) is 2. The molecule has 1 aromatic heterocycles. The van der Waals surface area contributed by atoms with E-state index in [-0.39, 0.29) is 28.5 Å². The third-order valence-electron chi connectivity index (χ3n) is 5.81. The largest absolute Gasteiger partial charge is 0.331 e. The van der Waals surface area contributed by atoms with Gasteiger partial charge in [0.25, 0.3) is 21.5 Å². The maximum Gasteiger partial charge on any atom is 0.261 e. The van der Waals surface area contributed by atoms with Gasteiger partial charge in [0.05, 0.1) is 28.0 Å². The Morgan fingerprint density at radius 3 is 2.46 bits per heavy atom. The molecule has 0 radical (unpaired) electrons. The summed E-state index contributed by atoms with van der Waals surface area (Å²) in [7, 11) is -3.91. The maximum absolute atomic E-state index is 13.4. The molecule has 3 aromatic carbocycles. The number of aromatic nitrogens is 2. The van der Waals surface area contributed by atoms with Crippen LogP contribution in [-0.4, -0.2) is 35.7 Å². The Morgan fingerprint density at radius 1 is 1.00 bits per heavy atom. The van der Waals surface area contributed by atoms with Crippen LogP contribution in [0.25, 0.3) is 10.9 Å². The van der Waals surface area contributed by atoms with Crippen molar-refractivity contribution in [2.75, 3.05) is 11.3 Å². The summed E-state index contributed by atoms with van der Waals surface area (Å²) in [5, 5.41) is 0.473. The van der Waals surface area contributed by atoms with Crippen LogP contribution in [0.4, 0.5) is 5.69 Å². The van der Waals surface area contributed by atoms with E-state index in [1.54, 1.807) is 49.4 Å². The van der Waals surface area contributed by atoms with Crippen LogP contribution in [0, 0.1) is 13.8 Å². The summed E-state index contributed by atoms with van der Waals surface area (Å²) in [5.41, 5.74) is 2.43. The monoisotopic (exact) mass is 490 g/mol. The van der Waals surface area contributed by atoms with E-state index in [1.165, 1.54) is 17.0 Å². The highest BCUT2D eigenvalue weighted by molar-refractivity contribution is 7.92. The van der Waals surface area contributed by atoms with E-state index in [9.17, 15) is 18.0 Å². The van der Waals surface area contributed by atoms with Gasteiger partial charge in [-0.1, -0.05) is 36.4 Å². The zero-order chi connectivity index (χ0) is 25.2. The Labute approximate surface area is 203 Å². The number of para-hydroxylation sites is 2. The number of benzene rings is 3. The Balaban J connectivity index is 1.64. The lowest BCUT2D eigenvalue weighted by Crippen LogP contribution is -2.32. The molecule has 9 heteroatoms. The van der Waals surface area contributed by atoms with Crippen molar-refractivity contribution in [3.05, 3.63) is 99.6 Å².